The number of rotatable bonds is 4. The van der Waals surface area contributed by atoms with Crippen LogP contribution in [-0.4, -0.2) is 0 Å². The van der Waals surface area contributed by atoms with Crippen LogP contribution in [0, 0.1) is 0 Å². The van der Waals surface area contributed by atoms with E-state index in [-0.39, 0.29) is 0 Å². The second kappa shape index (κ2) is 16.1. The average molecular weight is 155 g/mol. The van der Waals surface area contributed by atoms with E-state index in [0.29, 0.717) is 0 Å². The van der Waals surface area contributed by atoms with Crippen molar-refractivity contribution in [2.24, 2.45) is 0 Å². The standard InChI is InChI=1S/C8H15N.C2H6/c1-3-5-6-8-9-7-4-2;1-2/h4,6-9H,3,5H2,1-2H3;1-2H3/b7-4-,8-6+;. The van der Waals surface area contributed by atoms with Crippen molar-refractivity contribution in [1.29, 1.82) is 0 Å². The lowest BCUT2D eigenvalue weighted by Crippen LogP contribution is -1.89. The van der Waals surface area contributed by atoms with Gasteiger partial charge in [-0.1, -0.05) is 39.3 Å². The third-order valence-electron chi connectivity index (χ3n) is 0.932. The zero-order valence-electron chi connectivity index (χ0n) is 8.22. The Morgan fingerprint density at radius 2 is 1.82 bits per heavy atom. The van der Waals surface area contributed by atoms with Gasteiger partial charge in [0.05, 0.1) is 0 Å². The van der Waals surface area contributed by atoms with Gasteiger partial charge < -0.3 is 5.32 Å². The van der Waals surface area contributed by atoms with Crippen molar-refractivity contribution in [3.05, 3.63) is 24.6 Å². The largest absolute Gasteiger partial charge is 0.368 e. The van der Waals surface area contributed by atoms with Crippen LogP contribution in [0.1, 0.15) is 40.5 Å². The molecular formula is C10H21N. The van der Waals surface area contributed by atoms with Gasteiger partial charge in [0, 0.05) is 0 Å². The van der Waals surface area contributed by atoms with Gasteiger partial charge in [0.2, 0.25) is 0 Å². The minimum absolute atomic E-state index is 1.16. The highest BCUT2D eigenvalue weighted by atomic mass is 14.8. The molecule has 0 aliphatic rings. The summed E-state index contributed by atoms with van der Waals surface area (Å²) in [6.07, 6.45) is 10.3. The molecule has 0 aromatic carbocycles. The molecule has 0 amide bonds. The Bertz CT molecular complexity index is 93.0. The van der Waals surface area contributed by atoms with E-state index in [9.17, 15) is 0 Å². The van der Waals surface area contributed by atoms with E-state index in [2.05, 4.69) is 18.3 Å². The molecule has 0 rings (SSSR count). The van der Waals surface area contributed by atoms with Crippen molar-refractivity contribution in [3.63, 3.8) is 0 Å². The number of unbranched alkanes of at least 4 members (excludes halogenated alkanes) is 1. The van der Waals surface area contributed by atoms with E-state index < -0.39 is 0 Å². The molecule has 0 saturated carbocycles. The molecule has 1 N–H and O–H groups in total. The smallest absolute Gasteiger partial charge is 0.00358 e. The molecule has 0 fully saturated rings. The van der Waals surface area contributed by atoms with E-state index >= 15 is 0 Å². The van der Waals surface area contributed by atoms with Crippen LogP contribution in [-0.2, 0) is 0 Å². The van der Waals surface area contributed by atoms with E-state index in [4.69, 9.17) is 0 Å². The molecule has 0 spiro atoms. The van der Waals surface area contributed by atoms with Gasteiger partial charge in [-0.15, -0.1) is 0 Å². The van der Waals surface area contributed by atoms with Crippen LogP contribution in [0.5, 0.6) is 0 Å². The van der Waals surface area contributed by atoms with E-state index in [1.807, 2.05) is 39.2 Å². The Hall–Kier alpha value is -0.720. The molecule has 0 bridgehead atoms. The molecule has 0 radical (unpaired) electrons. The van der Waals surface area contributed by atoms with Gasteiger partial charge in [0.25, 0.3) is 0 Å². The number of nitrogens with one attached hydrogen (secondary N) is 1. The molecule has 66 valence electrons. The van der Waals surface area contributed by atoms with Crippen LogP contribution in [0.15, 0.2) is 24.6 Å². The molecule has 0 aliphatic heterocycles. The first-order chi connectivity index (χ1) is 5.41. The number of allylic oxidation sites excluding steroid dienone is 2. The van der Waals surface area contributed by atoms with Gasteiger partial charge in [-0.3, -0.25) is 0 Å². The zero-order valence-corrected chi connectivity index (χ0v) is 8.22. The summed E-state index contributed by atoms with van der Waals surface area (Å²) in [4.78, 5) is 0. The monoisotopic (exact) mass is 155 g/mol. The summed E-state index contributed by atoms with van der Waals surface area (Å²) in [5, 5.41) is 3.01. The van der Waals surface area contributed by atoms with Gasteiger partial charge in [-0.25, -0.2) is 0 Å². The molecule has 0 aromatic heterocycles. The molecule has 0 aliphatic carbocycles. The Morgan fingerprint density at radius 3 is 2.27 bits per heavy atom. The van der Waals surface area contributed by atoms with Gasteiger partial charge in [-0.05, 0) is 25.7 Å². The van der Waals surface area contributed by atoms with Crippen LogP contribution >= 0.6 is 0 Å². The van der Waals surface area contributed by atoms with Crippen molar-refractivity contribution in [2.75, 3.05) is 0 Å². The summed E-state index contributed by atoms with van der Waals surface area (Å²) in [6.45, 7) is 8.15. The molecule has 0 unspecified atom stereocenters. The predicted octanol–water partition coefficient (Wildman–Crippen LogP) is 3.45. The number of hydrogen-bond donors (Lipinski definition) is 1. The van der Waals surface area contributed by atoms with E-state index in [0.717, 1.165) is 6.42 Å². The molecule has 1 heteroatoms. The molecular weight excluding hydrogens is 134 g/mol. The molecule has 0 heterocycles. The van der Waals surface area contributed by atoms with Gasteiger partial charge in [0.15, 0.2) is 0 Å². The van der Waals surface area contributed by atoms with Crippen LogP contribution < -0.4 is 5.32 Å². The van der Waals surface area contributed by atoms with Crippen molar-refractivity contribution in [2.45, 2.75) is 40.5 Å². The predicted molar refractivity (Wildman–Crippen MR) is 53.3 cm³/mol. The minimum atomic E-state index is 1.16. The Labute approximate surface area is 71.2 Å². The van der Waals surface area contributed by atoms with Crippen LogP contribution in [0.3, 0.4) is 0 Å². The molecule has 1 nitrogen and oxygen atoms in total. The molecule has 0 aromatic rings. The second-order valence-corrected chi connectivity index (χ2v) is 1.86. The third-order valence-corrected chi connectivity index (χ3v) is 0.932. The average Bonchev–Trinajstić information content (AvgIpc) is 2.08. The maximum absolute atomic E-state index is 3.01. The van der Waals surface area contributed by atoms with Crippen molar-refractivity contribution >= 4 is 0 Å². The minimum Gasteiger partial charge on any atom is -0.368 e. The SMILES string of the molecule is C/C=C\N/C=C/CCC.CC. The normalized spacial score (nSPS) is 9.82. The van der Waals surface area contributed by atoms with Crippen molar-refractivity contribution in [1.82, 2.24) is 5.32 Å². The van der Waals surface area contributed by atoms with Gasteiger partial charge in [0.1, 0.15) is 0 Å². The van der Waals surface area contributed by atoms with Crippen molar-refractivity contribution < 1.29 is 0 Å². The third kappa shape index (κ3) is 17.6. The van der Waals surface area contributed by atoms with Crippen LogP contribution in [0.25, 0.3) is 0 Å². The van der Waals surface area contributed by atoms with Gasteiger partial charge in [-0.2, -0.15) is 0 Å². The van der Waals surface area contributed by atoms with Crippen LogP contribution in [0.2, 0.25) is 0 Å². The van der Waals surface area contributed by atoms with Crippen LogP contribution in [0.4, 0.5) is 0 Å². The fourth-order valence-electron chi connectivity index (χ4n) is 0.470. The fourth-order valence-corrected chi connectivity index (χ4v) is 0.470. The first kappa shape index (κ1) is 12.9. The lowest BCUT2D eigenvalue weighted by Gasteiger charge is -1.86. The van der Waals surface area contributed by atoms with E-state index in [1.165, 1.54) is 6.42 Å². The lowest BCUT2D eigenvalue weighted by molar-refractivity contribution is 0.949. The summed E-state index contributed by atoms with van der Waals surface area (Å²) in [5.41, 5.74) is 0. The quantitative estimate of drug-likeness (QED) is 0.655. The maximum Gasteiger partial charge on any atom is -0.00358 e. The topological polar surface area (TPSA) is 12.0 Å². The highest BCUT2D eigenvalue weighted by molar-refractivity contribution is 4.86. The molecule has 11 heavy (non-hydrogen) atoms. The second-order valence-electron chi connectivity index (χ2n) is 1.86. The summed E-state index contributed by atoms with van der Waals surface area (Å²) < 4.78 is 0. The summed E-state index contributed by atoms with van der Waals surface area (Å²) >= 11 is 0. The summed E-state index contributed by atoms with van der Waals surface area (Å²) in [7, 11) is 0. The summed E-state index contributed by atoms with van der Waals surface area (Å²) in [6, 6.07) is 0. The highest BCUT2D eigenvalue weighted by Gasteiger charge is 1.68. The molecule has 0 saturated heterocycles. The fraction of sp³-hybridized carbons (Fsp3) is 0.600. The number of hydrogen-bond acceptors (Lipinski definition) is 1. The Morgan fingerprint density at radius 1 is 1.18 bits per heavy atom. The first-order valence-corrected chi connectivity index (χ1v) is 4.44. The van der Waals surface area contributed by atoms with Gasteiger partial charge >= 0.3 is 0 Å². The van der Waals surface area contributed by atoms with Crippen molar-refractivity contribution in [3.8, 4) is 0 Å². The zero-order chi connectivity index (χ0) is 8.95. The maximum atomic E-state index is 3.01. The Kier molecular flexibility index (Phi) is 18.9. The lowest BCUT2D eigenvalue weighted by atomic mass is 10.3. The molecule has 0 atom stereocenters. The highest BCUT2D eigenvalue weighted by Crippen LogP contribution is 1.85. The Balaban J connectivity index is 0. The summed E-state index contributed by atoms with van der Waals surface area (Å²) in [5.74, 6) is 0. The van der Waals surface area contributed by atoms with E-state index in [1.54, 1.807) is 0 Å². The first-order valence-electron chi connectivity index (χ1n) is 4.44.